The molecule has 130 valence electrons. The minimum Gasteiger partial charge on any atom is -0.284 e. The lowest BCUT2D eigenvalue weighted by Crippen LogP contribution is -2.30. The number of imide groups is 2. The van der Waals surface area contributed by atoms with E-state index in [-0.39, 0.29) is 11.1 Å². The second-order valence-corrected chi connectivity index (χ2v) is 5.89. The van der Waals surface area contributed by atoms with Crippen molar-refractivity contribution in [3.05, 3.63) is 58.3 Å². The quantitative estimate of drug-likeness (QED) is 0.771. The third-order valence-corrected chi connectivity index (χ3v) is 4.09. The monoisotopic (exact) mass is 340 g/mol. The van der Waals surface area contributed by atoms with Crippen molar-refractivity contribution in [3.63, 3.8) is 0 Å². The van der Waals surface area contributed by atoms with E-state index in [0.29, 0.717) is 29.6 Å². The smallest absolute Gasteiger partial charge is 0.265 e. The molecule has 6 nitrogen and oxygen atoms in total. The average Bonchev–Trinajstić information content (AvgIpc) is 2.62. The van der Waals surface area contributed by atoms with Gasteiger partial charge in [0.25, 0.3) is 11.8 Å². The maximum Gasteiger partial charge on any atom is 0.265 e. The van der Waals surface area contributed by atoms with E-state index in [0.717, 1.165) is 22.6 Å². The molecule has 0 saturated heterocycles. The van der Waals surface area contributed by atoms with Crippen molar-refractivity contribution < 1.29 is 19.2 Å². The van der Waals surface area contributed by atoms with Gasteiger partial charge in [0.1, 0.15) is 0 Å². The van der Waals surface area contributed by atoms with E-state index in [1.165, 1.54) is 13.1 Å². The molecule has 0 unspecified atom stereocenters. The maximum atomic E-state index is 12.8. The molecule has 0 spiro atoms. The van der Waals surface area contributed by atoms with Gasteiger partial charge in [-0.25, -0.2) is 4.90 Å². The Kier molecular flexibility index (Phi) is 5.64. The van der Waals surface area contributed by atoms with Crippen molar-refractivity contribution in [1.29, 1.82) is 0 Å². The first-order chi connectivity index (χ1) is 11.9. The number of carbonyl (C=O) groups is 4. The summed E-state index contributed by atoms with van der Waals surface area (Å²) in [7, 11) is 1.35. The van der Waals surface area contributed by atoms with Crippen molar-refractivity contribution in [2.45, 2.75) is 26.7 Å². The Morgan fingerprint density at radius 1 is 0.960 bits per heavy atom. The van der Waals surface area contributed by atoms with Gasteiger partial charge >= 0.3 is 0 Å². The minimum atomic E-state index is -0.506. The Morgan fingerprint density at radius 2 is 1.60 bits per heavy atom. The van der Waals surface area contributed by atoms with Crippen LogP contribution >= 0.6 is 0 Å². The molecule has 1 aliphatic carbocycles. The van der Waals surface area contributed by atoms with Crippen LogP contribution in [0.4, 0.5) is 0 Å². The summed E-state index contributed by atoms with van der Waals surface area (Å²) in [5.41, 5.74) is 2.33. The first-order valence-corrected chi connectivity index (χ1v) is 7.90. The highest BCUT2D eigenvalue weighted by molar-refractivity contribution is 6.06. The van der Waals surface area contributed by atoms with Crippen molar-refractivity contribution in [2.75, 3.05) is 7.05 Å². The Morgan fingerprint density at radius 3 is 2.12 bits per heavy atom. The van der Waals surface area contributed by atoms with Crippen LogP contribution < -0.4 is 0 Å². The van der Waals surface area contributed by atoms with Gasteiger partial charge in [0.05, 0.1) is 0 Å². The number of hydrogen-bond acceptors (Lipinski definition) is 4. The second kappa shape index (κ2) is 7.70. The summed E-state index contributed by atoms with van der Waals surface area (Å²) in [5, 5.41) is 0. The molecule has 4 amide bonds. The number of benzene rings is 1. The summed E-state index contributed by atoms with van der Waals surface area (Å²) >= 11 is 0. The Labute approximate surface area is 146 Å². The maximum absolute atomic E-state index is 12.8. The van der Waals surface area contributed by atoms with Crippen molar-refractivity contribution in [3.8, 4) is 0 Å². The molecule has 25 heavy (non-hydrogen) atoms. The topological polar surface area (TPSA) is 74.8 Å². The predicted octanol–water partition coefficient (Wildman–Crippen LogP) is 2.36. The minimum absolute atomic E-state index is 0.250. The van der Waals surface area contributed by atoms with Crippen LogP contribution in [0.3, 0.4) is 0 Å². The molecule has 0 saturated carbocycles. The van der Waals surface area contributed by atoms with Gasteiger partial charge in [-0.3, -0.25) is 24.1 Å². The van der Waals surface area contributed by atoms with E-state index in [1.807, 2.05) is 12.2 Å². The van der Waals surface area contributed by atoms with Crippen LogP contribution in [0.1, 0.15) is 44.7 Å². The lowest BCUT2D eigenvalue weighted by Gasteiger charge is -2.21. The summed E-state index contributed by atoms with van der Waals surface area (Å²) in [4.78, 5) is 49.4. The number of hydrogen-bond donors (Lipinski definition) is 0. The molecule has 0 heterocycles. The Hall–Kier alpha value is -3.02. The van der Waals surface area contributed by atoms with E-state index in [9.17, 15) is 19.2 Å². The predicted molar refractivity (Wildman–Crippen MR) is 92.8 cm³/mol. The largest absolute Gasteiger partial charge is 0.284 e. The summed E-state index contributed by atoms with van der Waals surface area (Å²) < 4.78 is 0. The normalized spacial score (nSPS) is 13.0. The molecule has 1 aromatic carbocycles. The van der Waals surface area contributed by atoms with E-state index < -0.39 is 11.8 Å². The van der Waals surface area contributed by atoms with Crippen LogP contribution in [0, 0.1) is 13.8 Å². The molecule has 0 N–H and O–H groups in total. The fourth-order valence-electron chi connectivity index (χ4n) is 2.68. The molecule has 6 heteroatoms. The summed E-state index contributed by atoms with van der Waals surface area (Å²) in [6.07, 6.45) is 7.96. The van der Waals surface area contributed by atoms with Gasteiger partial charge in [0.2, 0.25) is 12.8 Å². The Balaban J connectivity index is 2.47. The molecular formula is C19H20N2O4. The molecule has 0 fully saturated rings. The number of allylic oxidation sites excluding steroid dienone is 3. The van der Waals surface area contributed by atoms with E-state index in [2.05, 4.69) is 0 Å². The SMILES string of the molecule is Cc1cc(C)c(C(=O)N(C=O)C2=CCCC=C2)cc1C(=O)N(C)C=O. The van der Waals surface area contributed by atoms with Crippen LogP contribution in [0.15, 0.2) is 36.1 Å². The van der Waals surface area contributed by atoms with Crippen molar-refractivity contribution in [1.82, 2.24) is 9.80 Å². The highest BCUT2D eigenvalue weighted by Crippen LogP contribution is 2.22. The molecule has 1 aromatic rings. The van der Waals surface area contributed by atoms with Gasteiger partial charge < -0.3 is 0 Å². The number of aryl methyl sites for hydroxylation is 2. The van der Waals surface area contributed by atoms with Gasteiger partial charge in [-0.2, -0.15) is 0 Å². The number of rotatable bonds is 5. The highest BCUT2D eigenvalue weighted by atomic mass is 16.2. The average molecular weight is 340 g/mol. The second-order valence-electron chi connectivity index (χ2n) is 5.89. The van der Waals surface area contributed by atoms with E-state index in [4.69, 9.17) is 0 Å². The van der Waals surface area contributed by atoms with Crippen LogP contribution in [0.5, 0.6) is 0 Å². The Bertz CT molecular complexity index is 793. The van der Waals surface area contributed by atoms with Gasteiger partial charge in [-0.15, -0.1) is 0 Å². The molecule has 0 atom stereocenters. The first-order valence-electron chi connectivity index (χ1n) is 7.90. The first kappa shape index (κ1) is 18.3. The molecule has 1 aliphatic rings. The van der Waals surface area contributed by atoms with E-state index in [1.54, 1.807) is 26.0 Å². The van der Waals surface area contributed by atoms with Crippen LogP contribution in [0.2, 0.25) is 0 Å². The molecule has 2 rings (SSSR count). The van der Waals surface area contributed by atoms with E-state index >= 15 is 0 Å². The standard InChI is InChI=1S/C19H20N2O4/c1-13-9-14(2)17(10-16(13)18(24)20(3)11-22)19(25)21(12-23)15-7-5-4-6-8-15/h5,7-12H,4,6H2,1-3H3. The summed E-state index contributed by atoms with van der Waals surface area (Å²) in [6.45, 7) is 3.48. The molecule has 0 aromatic heterocycles. The third kappa shape index (κ3) is 3.74. The van der Waals surface area contributed by atoms with Gasteiger partial charge in [-0.1, -0.05) is 18.2 Å². The lowest BCUT2D eigenvalue weighted by molar-refractivity contribution is -0.115. The van der Waals surface area contributed by atoms with Crippen molar-refractivity contribution >= 4 is 24.6 Å². The van der Waals surface area contributed by atoms with Gasteiger partial charge in [-0.05, 0) is 50.0 Å². The van der Waals surface area contributed by atoms with Gasteiger partial charge in [0, 0.05) is 23.9 Å². The summed E-state index contributed by atoms with van der Waals surface area (Å²) in [6, 6.07) is 3.14. The van der Waals surface area contributed by atoms with Gasteiger partial charge in [0.15, 0.2) is 0 Å². The fourth-order valence-corrected chi connectivity index (χ4v) is 2.68. The summed E-state index contributed by atoms with van der Waals surface area (Å²) in [5.74, 6) is -1.01. The van der Waals surface area contributed by atoms with Crippen LogP contribution in [-0.4, -0.2) is 41.5 Å². The zero-order valence-corrected chi connectivity index (χ0v) is 14.5. The number of carbonyl (C=O) groups excluding carboxylic acids is 4. The van der Waals surface area contributed by atoms with Crippen LogP contribution in [-0.2, 0) is 9.59 Å². The zero-order valence-electron chi connectivity index (χ0n) is 14.5. The van der Waals surface area contributed by atoms with Crippen LogP contribution in [0.25, 0.3) is 0 Å². The molecule has 0 bridgehead atoms. The number of nitrogens with zero attached hydrogens (tertiary/aromatic N) is 2. The molecule has 0 radical (unpaired) electrons. The zero-order chi connectivity index (χ0) is 18.6. The number of amides is 4. The molecular weight excluding hydrogens is 320 g/mol. The third-order valence-electron chi connectivity index (χ3n) is 4.09. The highest BCUT2D eigenvalue weighted by Gasteiger charge is 2.23. The van der Waals surface area contributed by atoms with Crippen molar-refractivity contribution in [2.24, 2.45) is 0 Å². The lowest BCUT2D eigenvalue weighted by atomic mass is 9.98. The molecule has 0 aliphatic heterocycles. The fraction of sp³-hybridized carbons (Fsp3) is 0.263.